The summed E-state index contributed by atoms with van der Waals surface area (Å²) < 4.78 is 25.5. The lowest BCUT2D eigenvalue weighted by molar-refractivity contribution is 0.0697. The number of carboxylic acid groups (broad SMARTS) is 1. The lowest BCUT2D eigenvalue weighted by Gasteiger charge is -2.17. The molecule has 0 aromatic heterocycles. The van der Waals surface area contributed by atoms with Crippen LogP contribution in [0.3, 0.4) is 0 Å². The topological polar surface area (TPSA) is 95.5 Å². The Bertz CT molecular complexity index is 584. The van der Waals surface area contributed by atoms with Crippen molar-refractivity contribution in [3.8, 4) is 0 Å². The normalized spacial score (nSPS) is 12.9. The van der Waals surface area contributed by atoms with Crippen LogP contribution in [0.4, 0.5) is 5.69 Å². The molecule has 20 heavy (non-hydrogen) atoms. The van der Waals surface area contributed by atoms with Gasteiger partial charge in [0.05, 0.1) is 10.5 Å². The van der Waals surface area contributed by atoms with E-state index in [-0.39, 0.29) is 16.5 Å². The molecule has 6 nitrogen and oxygen atoms in total. The van der Waals surface area contributed by atoms with E-state index in [0.717, 1.165) is 18.9 Å². The second-order valence-electron chi connectivity index (χ2n) is 4.55. The molecule has 112 valence electrons. The molecular formula is C13H20N2O4S. The zero-order chi connectivity index (χ0) is 15.3. The van der Waals surface area contributed by atoms with Crippen LogP contribution in [0.1, 0.15) is 37.0 Å². The van der Waals surface area contributed by atoms with Crippen LogP contribution in [-0.4, -0.2) is 32.6 Å². The summed E-state index contributed by atoms with van der Waals surface area (Å²) in [4.78, 5) is 11.2. The van der Waals surface area contributed by atoms with Gasteiger partial charge in [0, 0.05) is 11.7 Å². The smallest absolute Gasteiger partial charge is 0.337 e. The highest BCUT2D eigenvalue weighted by molar-refractivity contribution is 7.89. The van der Waals surface area contributed by atoms with E-state index in [1.807, 2.05) is 13.8 Å². The van der Waals surface area contributed by atoms with Crippen LogP contribution < -0.4 is 10.0 Å². The summed E-state index contributed by atoms with van der Waals surface area (Å²) in [7, 11) is -2.37. The molecule has 0 spiro atoms. The Morgan fingerprint density at radius 2 is 2.05 bits per heavy atom. The Balaban J connectivity index is 3.18. The minimum atomic E-state index is -3.65. The van der Waals surface area contributed by atoms with Gasteiger partial charge in [0.1, 0.15) is 0 Å². The minimum absolute atomic E-state index is 0.0516. The van der Waals surface area contributed by atoms with Crippen molar-refractivity contribution in [2.75, 3.05) is 12.4 Å². The van der Waals surface area contributed by atoms with Gasteiger partial charge in [-0.3, -0.25) is 0 Å². The first-order valence-corrected chi connectivity index (χ1v) is 7.87. The standard InChI is InChI=1S/C13H20N2O4S/c1-4-5-9(2)15-12-7-6-10(20(18,19)14-3)8-11(12)13(16)17/h6-9,14-15H,4-5H2,1-3H3,(H,16,17)/t9-/m1/s1. The van der Waals surface area contributed by atoms with Gasteiger partial charge in [-0.2, -0.15) is 0 Å². The molecular weight excluding hydrogens is 280 g/mol. The highest BCUT2D eigenvalue weighted by Gasteiger charge is 2.18. The maximum absolute atomic E-state index is 11.7. The molecule has 3 N–H and O–H groups in total. The average Bonchev–Trinajstić information content (AvgIpc) is 2.38. The number of carbonyl (C=O) groups is 1. The number of hydrogen-bond donors (Lipinski definition) is 3. The molecule has 0 aliphatic carbocycles. The van der Waals surface area contributed by atoms with Crippen LogP contribution in [0.15, 0.2) is 23.1 Å². The maximum atomic E-state index is 11.7. The summed E-state index contributed by atoms with van der Waals surface area (Å²) in [5, 5.41) is 12.3. The van der Waals surface area contributed by atoms with E-state index in [1.54, 1.807) is 0 Å². The van der Waals surface area contributed by atoms with Gasteiger partial charge in [0.15, 0.2) is 0 Å². The molecule has 0 heterocycles. The first kappa shape index (κ1) is 16.5. The van der Waals surface area contributed by atoms with E-state index in [1.165, 1.54) is 19.2 Å². The number of benzene rings is 1. The predicted octanol–water partition coefficient (Wildman–Crippen LogP) is 1.89. The SMILES string of the molecule is CCC[C@@H](C)Nc1ccc(S(=O)(=O)NC)cc1C(=O)O. The van der Waals surface area contributed by atoms with E-state index < -0.39 is 16.0 Å². The van der Waals surface area contributed by atoms with Crippen molar-refractivity contribution >= 4 is 21.7 Å². The van der Waals surface area contributed by atoms with E-state index in [9.17, 15) is 18.3 Å². The second kappa shape index (κ2) is 6.71. The fourth-order valence-corrected chi connectivity index (χ4v) is 2.64. The monoisotopic (exact) mass is 300 g/mol. The van der Waals surface area contributed by atoms with Crippen molar-refractivity contribution in [2.45, 2.75) is 37.6 Å². The minimum Gasteiger partial charge on any atom is -0.478 e. The third-order valence-corrected chi connectivity index (χ3v) is 4.34. The van der Waals surface area contributed by atoms with Crippen LogP contribution in [0.5, 0.6) is 0 Å². The number of rotatable bonds is 7. The highest BCUT2D eigenvalue weighted by Crippen LogP contribution is 2.22. The van der Waals surface area contributed by atoms with E-state index >= 15 is 0 Å². The summed E-state index contributed by atoms with van der Waals surface area (Å²) in [6.07, 6.45) is 1.87. The molecule has 1 atom stereocenters. The molecule has 1 aromatic rings. The lowest BCUT2D eigenvalue weighted by Crippen LogP contribution is -2.20. The van der Waals surface area contributed by atoms with Crippen molar-refractivity contribution in [3.05, 3.63) is 23.8 Å². The first-order valence-electron chi connectivity index (χ1n) is 6.39. The van der Waals surface area contributed by atoms with Crippen LogP contribution in [0, 0.1) is 0 Å². The molecule has 0 fully saturated rings. The number of sulfonamides is 1. The number of aromatic carboxylic acids is 1. The Morgan fingerprint density at radius 1 is 1.40 bits per heavy atom. The van der Waals surface area contributed by atoms with E-state index in [2.05, 4.69) is 10.0 Å². The van der Waals surface area contributed by atoms with Gasteiger partial charge in [-0.05, 0) is 38.6 Å². The zero-order valence-corrected chi connectivity index (χ0v) is 12.6. The van der Waals surface area contributed by atoms with Crippen LogP contribution in [0.25, 0.3) is 0 Å². The molecule has 0 amide bonds. The van der Waals surface area contributed by atoms with Crippen LogP contribution in [-0.2, 0) is 10.0 Å². The molecule has 0 bridgehead atoms. The fourth-order valence-electron chi connectivity index (χ4n) is 1.88. The van der Waals surface area contributed by atoms with Crippen LogP contribution in [0.2, 0.25) is 0 Å². The third-order valence-electron chi connectivity index (χ3n) is 2.92. The largest absolute Gasteiger partial charge is 0.478 e. The molecule has 7 heteroatoms. The number of carboxylic acids is 1. The molecule has 0 radical (unpaired) electrons. The van der Waals surface area contributed by atoms with E-state index in [0.29, 0.717) is 5.69 Å². The third kappa shape index (κ3) is 3.94. The lowest BCUT2D eigenvalue weighted by atomic mass is 10.1. The van der Waals surface area contributed by atoms with E-state index in [4.69, 9.17) is 0 Å². The van der Waals surface area contributed by atoms with Gasteiger partial charge >= 0.3 is 5.97 Å². The molecule has 0 aliphatic heterocycles. The zero-order valence-electron chi connectivity index (χ0n) is 11.8. The van der Waals surface area contributed by atoms with Gasteiger partial charge in [-0.15, -0.1) is 0 Å². The maximum Gasteiger partial charge on any atom is 0.337 e. The highest BCUT2D eigenvalue weighted by atomic mass is 32.2. The first-order chi connectivity index (χ1) is 9.31. The van der Waals surface area contributed by atoms with Crippen molar-refractivity contribution < 1.29 is 18.3 Å². The van der Waals surface area contributed by atoms with Crippen molar-refractivity contribution in [3.63, 3.8) is 0 Å². The molecule has 0 saturated carbocycles. The van der Waals surface area contributed by atoms with Gasteiger partial charge in [0.25, 0.3) is 0 Å². The summed E-state index contributed by atoms with van der Waals surface area (Å²) in [6, 6.07) is 4.15. The Morgan fingerprint density at radius 3 is 2.55 bits per heavy atom. The quantitative estimate of drug-likeness (QED) is 0.714. The summed E-state index contributed by atoms with van der Waals surface area (Å²) >= 11 is 0. The van der Waals surface area contributed by atoms with Crippen molar-refractivity contribution in [1.82, 2.24) is 4.72 Å². The number of anilines is 1. The van der Waals surface area contributed by atoms with Gasteiger partial charge < -0.3 is 10.4 Å². The Hall–Kier alpha value is -1.60. The predicted molar refractivity (Wildman–Crippen MR) is 77.6 cm³/mol. The molecule has 0 aliphatic rings. The number of hydrogen-bond acceptors (Lipinski definition) is 4. The number of nitrogens with one attached hydrogen (secondary N) is 2. The summed E-state index contributed by atoms with van der Waals surface area (Å²) in [6.45, 7) is 3.99. The fraction of sp³-hybridized carbons (Fsp3) is 0.462. The Kier molecular flexibility index (Phi) is 5.52. The molecule has 0 unspecified atom stereocenters. The summed E-state index contributed by atoms with van der Waals surface area (Å²) in [5.74, 6) is -1.16. The summed E-state index contributed by atoms with van der Waals surface area (Å²) in [5.41, 5.74) is 0.373. The molecule has 1 rings (SSSR count). The van der Waals surface area contributed by atoms with Gasteiger partial charge in [-0.25, -0.2) is 17.9 Å². The van der Waals surface area contributed by atoms with Crippen LogP contribution >= 0.6 is 0 Å². The Labute approximate surface area is 119 Å². The van der Waals surface area contributed by atoms with Crippen molar-refractivity contribution in [2.24, 2.45) is 0 Å². The average molecular weight is 300 g/mol. The molecule has 0 saturated heterocycles. The molecule has 1 aromatic carbocycles. The second-order valence-corrected chi connectivity index (χ2v) is 6.44. The van der Waals surface area contributed by atoms with Gasteiger partial charge in [-0.1, -0.05) is 13.3 Å². The van der Waals surface area contributed by atoms with Gasteiger partial charge in [0.2, 0.25) is 10.0 Å². The van der Waals surface area contributed by atoms with Crippen molar-refractivity contribution in [1.29, 1.82) is 0 Å².